The molecule has 3 aromatic heterocycles. The predicted octanol–water partition coefficient (Wildman–Crippen LogP) is 5.05. The third-order valence-corrected chi connectivity index (χ3v) is 4.51. The zero-order valence-corrected chi connectivity index (χ0v) is 17.1. The number of aryl methyl sites for hydroxylation is 2. The summed E-state index contributed by atoms with van der Waals surface area (Å²) in [4.78, 5) is 22.2. The fraction of sp³-hybridized carbons (Fsp3) is 0.318. The number of aliphatic imine (C=N–C) groups is 1. The lowest BCUT2D eigenvalue weighted by Gasteiger charge is -2.13. The number of anilines is 1. The second kappa shape index (κ2) is 9.32. The van der Waals surface area contributed by atoms with Gasteiger partial charge in [-0.3, -0.25) is 15.0 Å². The standard InChI is InChI=1S/C22H25FN6/c1-5-14(2)10-25-20-16(4)28-21(17-9-18(23)12-24-11-17)29-22(20)26-13-19-8-6-7-15(3)27-19/h6-12,14H,5,13H2,1-4H3,(H,26,28,29). The molecular formula is C22H25FN6. The average molecular weight is 392 g/mol. The third kappa shape index (κ3) is 5.40. The van der Waals surface area contributed by atoms with Crippen LogP contribution in [-0.2, 0) is 6.54 Å². The van der Waals surface area contributed by atoms with Crippen molar-refractivity contribution in [3.05, 3.63) is 59.6 Å². The maximum absolute atomic E-state index is 13.6. The summed E-state index contributed by atoms with van der Waals surface area (Å²) in [6.07, 6.45) is 5.60. The molecule has 7 heteroatoms. The van der Waals surface area contributed by atoms with Gasteiger partial charge < -0.3 is 5.32 Å². The summed E-state index contributed by atoms with van der Waals surface area (Å²) >= 11 is 0. The van der Waals surface area contributed by atoms with Gasteiger partial charge in [-0.25, -0.2) is 14.4 Å². The van der Waals surface area contributed by atoms with Crippen LogP contribution in [0.15, 0.2) is 41.7 Å². The first kappa shape index (κ1) is 20.5. The van der Waals surface area contributed by atoms with Gasteiger partial charge in [0.25, 0.3) is 0 Å². The summed E-state index contributed by atoms with van der Waals surface area (Å²) in [5.41, 5.74) is 3.74. The number of nitrogens with one attached hydrogen (secondary N) is 1. The van der Waals surface area contributed by atoms with E-state index in [1.54, 1.807) is 6.20 Å². The van der Waals surface area contributed by atoms with Gasteiger partial charge in [-0.05, 0) is 44.4 Å². The molecule has 0 fully saturated rings. The number of hydrogen-bond donors (Lipinski definition) is 1. The molecular weight excluding hydrogens is 367 g/mol. The molecule has 3 rings (SSSR count). The molecule has 0 radical (unpaired) electrons. The van der Waals surface area contributed by atoms with E-state index in [1.165, 1.54) is 6.07 Å². The summed E-state index contributed by atoms with van der Waals surface area (Å²) in [6, 6.07) is 7.25. The van der Waals surface area contributed by atoms with E-state index >= 15 is 0 Å². The number of hydrogen-bond acceptors (Lipinski definition) is 6. The van der Waals surface area contributed by atoms with Crippen molar-refractivity contribution in [2.24, 2.45) is 10.9 Å². The van der Waals surface area contributed by atoms with Gasteiger partial charge in [-0.15, -0.1) is 0 Å². The Labute approximate surface area is 170 Å². The minimum Gasteiger partial charge on any atom is -0.362 e. The van der Waals surface area contributed by atoms with Crippen LogP contribution >= 0.6 is 0 Å². The molecule has 1 N–H and O–H groups in total. The lowest BCUT2D eigenvalue weighted by atomic mass is 10.1. The van der Waals surface area contributed by atoms with Crippen LogP contribution in [0.5, 0.6) is 0 Å². The zero-order valence-electron chi connectivity index (χ0n) is 17.1. The first-order valence-corrected chi connectivity index (χ1v) is 9.66. The van der Waals surface area contributed by atoms with Gasteiger partial charge >= 0.3 is 0 Å². The Morgan fingerprint density at radius 2 is 2.00 bits per heavy atom. The Hall–Kier alpha value is -3.22. The highest BCUT2D eigenvalue weighted by Crippen LogP contribution is 2.29. The number of nitrogens with zero attached hydrogens (tertiary/aromatic N) is 5. The molecule has 0 aliphatic carbocycles. The van der Waals surface area contributed by atoms with Gasteiger partial charge in [0.05, 0.1) is 24.1 Å². The van der Waals surface area contributed by atoms with E-state index in [2.05, 4.69) is 44.1 Å². The zero-order chi connectivity index (χ0) is 20.8. The molecule has 0 spiro atoms. The van der Waals surface area contributed by atoms with Gasteiger partial charge in [0, 0.05) is 23.7 Å². The van der Waals surface area contributed by atoms with Crippen LogP contribution in [0.3, 0.4) is 0 Å². The van der Waals surface area contributed by atoms with Gasteiger partial charge in [0.1, 0.15) is 11.5 Å². The van der Waals surface area contributed by atoms with Gasteiger partial charge in [0.15, 0.2) is 11.6 Å². The highest BCUT2D eigenvalue weighted by molar-refractivity contribution is 5.74. The highest BCUT2D eigenvalue weighted by atomic mass is 19.1. The molecule has 0 aromatic carbocycles. The lowest BCUT2D eigenvalue weighted by molar-refractivity contribution is 0.622. The summed E-state index contributed by atoms with van der Waals surface area (Å²) < 4.78 is 13.6. The third-order valence-electron chi connectivity index (χ3n) is 4.51. The predicted molar refractivity (Wildman–Crippen MR) is 114 cm³/mol. The van der Waals surface area contributed by atoms with Crippen LogP contribution in [0.25, 0.3) is 11.4 Å². The number of halogens is 1. The van der Waals surface area contributed by atoms with E-state index < -0.39 is 5.82 Å². The molecule has 29 heavy (non-hydrogen) atoms. The first-order valence-electron chi connectivity index (χ1n) is 9.66. The molecule has 1 unspecified atom stereocenters. The van der Waals surface area contributed by atoms with Crippen molar-refractivity contribution in [2.75, 3.05) is 5.32 Å². The van der Waals surface area contributed by atoms with Crippen molar-refractivity contribution in [3.8, 4) is 11.4 Å². The van der Waals surface area contributed by atoms with Crippen molar-refractivity contribution in [1.82, 2.24) is 19.9 Å². The fourth-order valence-corrected chi connectivity index (χ4v) is 2.69. The van der Waals surface area contributed by atoms with Crippen LogP contribution < -0.4 is 5.32 Å². The molecule has 0 bridgehead atoms. The van der Waals surface area contributed by atoms with E-state index in [0.29, 0.717) is 41.0 Å². The molecule has 3 aromatic rings. The molecule has 0 aliphatic rings. The molecule has 3 heterocycles. The molecule has 0 amide bonds. The summed E-state index contributed by atoms with van der Waals surface area (Å²) in [5, 5.41) is 3.32. The lowest BCUT2D eigenvalue weighted by Crippen LogP contribution is -2.07. The second-order valence-corrected chi connectivity index (χ2v) is 7.01. The highest BCUT2D eigenvalue weighted by Gasteiger charge is 2.14. The van der Waals surface area contributed by atoms with Crippen molar-refractivity contribution in [3.63, 3.8) is 0 Å². The van der Waals surface area contributed by atoms with Crippen molar-refractivity contribution in [2.45, 2.75) is 40.7 Å². The number of pyridine rings is 2. The fourth-order valence-electron chi connectivity index (χ4n) is 2.69. The number of rotatable bonds is 7. The molecule has 0 saturated carbocycles. The van der Waals surface area contributed by atoms with Crippen molar-refractivity contribution >= 4 is 17.7 Å². The Bertz CT molecular complexity index is 1020. The van der Waals surface area contributed by atoms with E-state index in [4.69, 9.17) is 0 Å². The maximum atomic E-state index is 13.6. The topological polar surface area (TPSA) is 76.0 Å². The summed E-state index contributed by atoms with van der Waals surface area (Å²) in [6.45, 7) is 8.54. The van der Waals surface area contributed by atoms with Crippen molar-refractivity contribution < 1.29 is 4.39 Å². The van der Waals surface area contributed by atoms with E-state index in [1.807, 2.05) is 38.3 Å². The Kier molecular flexibility index (Phi) is 6.59. The summed E-state index contributed by atoms with van der Waals surface area (Å²) in [5.74, 6) is 0.894. The quantitative estimate of drug-likeness (QED) is 0.570. The molecule has 1 atom stereocenters. The minimum atomic E-state index is -0.430. The molecule has 6 nitrogen and oxygen atoms in total. The molecule has 0 aliphatic heterocycles. The monoisotopic (exact) mass is 392 g/mol. The Morgan fingerprint density at radius 3 is 2.72 bits per heavy atom. The average Bonchev–Trinajstić information content (AvgIpc) is 2.71. The molecule has 0 saturated heterocycles. The SMILES string of the molecule is CCC(C)C=Nc1c(C)nc(-c2cncc(F)c2)nc1NCc1cccc(C)n1. The van der Waals surface area contributed by atoms with Crippen LogP contribution in [0, 0.1) is 25.6 Å². The smallest absolute Gasteiger partial charge is 0.163 e. The van der Waals surface area contributed by atoms with E-state index in [9.17, 15) is 4.39 Å². The second-order valence-electron chi connectivity index (χ2n) is 7.01. The Morgan fingerprint density at radius 1 is 1.17 bits per heavy atom. The van der Waals surface area contributed by atoms with Crippen LogP contribution in [0.1, 0.15) is 37.4 Å². The van der Waals surface area contributed by atoms with Crippen LogP contribution in [0.4, 0.5) is 15.9 Å². The van der Waals surface area contributed by atoms with E-state index in [-0.39, 0.29) is 0 Å². The Balaban J connectivity index is 1.99. The van der Waals surface area contributed by atoms with Gasteiger partial charge in [0.2, 0.25) is 0 Å². The van der Waals surface area contributed by atoms with E-state index in [0.717, 1.165) is 24.0 Å². The number of aromatic nitrogens is 4. The summed E-state index contributed by atoms with van der Waals surface area (Å²) in [7, 11) is 0. The van der Waals surface area contributed by atoms with Gasteiger partial charge in [-0.1, -0.05) is 19.9 Å². The molecule has 150 valence electrons. The maximum Gasteiger partial charge on any atom is 0.163 e. The normalized spacial score (nSPS) is 12.3. The minimum absolute atomic E-state index is 0.341. The largest absolute Gasteiger partial charge is 0.362 e. The van der Waals surface area contributed by atoms with Crippen LogP contribution in [-0.4, -0.2) is 26.2 Å². The first-order chi connectivity index (χ1) is 14.0. The van der Waals surface area contributed by atoms with Gasteiger partial charge in [-0.2, -0.15) is 0 Å². The van der Waals surface area contributed by atoms with Crippen LogP contribution in [0.2, 0.25) is 0 Å². The van der Waals surface area contributed by atoms with Crippen molar-refractivity contribution in [1.29, 1.82) is 0 Å².